The molecule has 0 saturated heterocycles. The number of halogens is 1. The molecule has 2 aromatic rings. The standard InChI is InChI=1S/C16H20FN3O2S.2C2H6/c1-10(2)14-11(3)15(12-6-8-13(17)9-7-12)19-16(18-14)20(4)23(5,21)22;2*1-2/h6-10H,1-5H3;2*1-2H3. The maximum atomic E-state index is 13.2. The number of benzene rings is 1. The van der Waals surface area contributed by atoms with Gasteiger partial charge >= 0.3 is 0 Å². The van der Waals surface area contributed by atoms with Gasteiger partial charge in [0, 0.05) is 12.6 Å². The third kappa shape index (κ3) is 6.57. The second-order valence-electron chi connectivity index (χ2n) is 5.77. The van der Waals surface area contributed by atoms with Gasteiger partial charge in [0.05, 0.1) is 17.6 Å². The van der Waals surface area contributed by atoms with Crippen molar-refractivity contribution >= 4 is 16.0 Å². The number of hydrogen-bond donors (Lipinski definition) is 0. The Kier molecular flexibility index (Phi) is 10.1. The van der Waals surface area contributed by atoms with E-state index in [1.165, 1.54) is 19.2 Å². The second kappa shape index (κ2) is 11.0. The lowest BCUT2D eigenvalue weighted by atomic mass is 10.00. The highest BCUT2D eigenvalue weighted by Crippen LogP contribution is 2.29. The van der Waals surface area contributed by atoms with Gasteiger partial charge in [-0.05, 0) is 42.7 Å². The Morgan fingerprint density at radius 1 is 1.00 bits per heavy atom. The molecule has 0 aliphatic rings. The zero-order valence-electron chi connectivity index (χ0n) is 17.8. The molecule has 0 aliphatic heterocycles. The Hall–Kier alpha value is -2.02. The highest BCUT2D eigenvalue weighted by atomic mass is 32.2. The van der Waals surface area contributed by atoms with E-state index in [9.17, 15) is 12.8 Å². The molecule has 0 spiro atoms. The lowest BCUT2D eigenvalue weighted by Crippen LogP contribution is -2.27. The van der Waals surface area contributed by atoms with E-state index in [1.807, 2.05) is 48.5 Å². The second-order valence-corrected chi connectivity index (χ2v) is 7.79. The van der Waals surface area contributed by atoms with Gasteiger partial charge in [0.1, 0.15) is 5.82 Å². The number of rotatable bonds is 4. The van der Waals surface area contributed by atoms with E-state index in [4.69, 9.17) is 0 Å². The summed E-state index contributed by atoms with van der Waals surface area (Å²) in [5.74, 6) is -0.122. The summed E-state index contributed by atoms with van der Waals surface area (Å²) in [7, 11) is -2.05. The molecule has 0 aliphatic carbocycles. The zero-order valence-corrected chi connectivity index (χ0v) is 18.6. The van der Waals surface area contributed by atoms with Crippen molar-refractivity contribution in [2.45, 2.75) is 54.4 Å². The summed E-state index contributed by atoms with van der Waals surface area (Å²) in [5, 5.41) is 0. The number of aromatic nitrogens is 2. The molecule has 27 heavy (non-hydrogen) atoms. The predicted octanol–water partition coefficient (Wildman–Crippen LogP) is 5.16. The van der Waals surface area contributed by atoms with Crippen LogP contribution in [0, 0.1) is 12.7 Å². The first kappa shape index (κ1) is 25.0. The van der Waals surface area contributed by atoms with Crippen molar-refractivity contribution in [2.24, 2.45) is 0 Å². The van der Waals surface area contributed by atoms with Crippen molar-refractivity contribution in [3.8, 4) is 11.3 Å². The van der Waals surface area contributed by atoms with Crippen LogP contribution in [0.2, 0.25) is 0 Å². The van der Waals surface area contributed by atoms with Crippen molar-refractivity contribution in [2.75, 3.05) is 17.6 Å². The molecule has 7 heteroatoms. The summed E-state index contributed by atoms with van der Waals surface area (Å²) in [5.41, 5.74) is 2.95. The van der Waals surface area contributed by atoms with Crippen LogP contribution in [0.25, 0.3) is 11.3 Å². The van der Waals surface area contributed by atoms with Crippen molar-refractivity contribution < 1.29 is 12.8 Å². The van der Waals surface area contributed by atoms with Crippen molar-refractivity contribution in [1.82, 2.24) is 9.97 Å². The number of sulfonamides is 1. The lowest BCUT2D eigenvalue weighted by Gasteiger charge is -2.20. The van der Waals surface area contributed by atoms with Crippen LogP contribution in [0.4, 0.5) is 10.3 Å². The largest absolute Gasteiger partial charge is 0.241 e. The molecule has 0 saturated carbocycles. The summed E-state index contributed by atoms with van der Waals surface area (Å²) in [6.07, 6.45) is 1.10. The number of anilines is 1. The molecule has 0 atom stereocenters. The summed E-state index contributed by atoms with van der Waals surface area (Å²) in [6.45, 7) is 13.8. The first-order valence-electron chi connectivity index (χ1n) is 9.19. The fourth-order valence-corrected chi connectivity index (χ4v) is 2.64. The van der Waals surface area contributed by atoms with Crippen molar-refractivity contribution in [3.05, 3.63) is 41.3 Å². The Labute approximate surface area is 163 Å². The van der Waals surface area contributed by atoms with Crippen LogP contribution >= 0.6 is 0 Å². The highest BCUT2D eigenvalue weighted by molar-refractivity contribution is 7.92. The molecular formula is C20H32FN3O2S. The van der Waals surface area contributed by atoms with E-state index in [0.29, 0.717) is 5.69 Å². The summed E-state index contributed by atoms with van der Waals surface area (Å²) < 4.78 is 37.8. The maximum Gasteiger partial charge on any atom is 0.239 e. The Balaban J connectivity index is 0.00000158. The molecule has 152 valence electrons. The third-order valence-corrected chi connectivity index (χ3v) is 4.77. The van der Waals surface area contributed by atoms with Crippen LogP contribution in [-0.4, -0.2) is 31.7 Å². The average molecular weight is 398 g/mol. The van der Waals surface area contributed by atoms with E-state index in [0.717, 1.165) is 27.4 Å². The van der Waals surface area contributed by atoms with Gasteiger partial charge in [-0.25, -0.2) is 27.1 Å². The number of hydrogen-bond acceptors (Lipinski definition) is 4. The van der Waals surface area contributed by atoms with Gasteiger partial charge in [0.2, 0.25) is 16.0 Å². The number of nitrogens with zero attached hydrogens (tertiary/aromatic N) is 3. The molecule has 1 aromatic heterocycles. The fraction of sp³-hybridized carbons (Fsp3) is 0.500. The van der Waals surface area contributed by atoms with Gasteiger partial charge in [-0.15, -0.1) is 0 Å². The van der Waals surface area contributed by atoms with Gasteiger partial charge in [-0.2, -0.15) is 0 Å². The minimum atomic E-state index is -3.47. The van der Waals surface area contributed by atoms with E-state index in [-0.39, 0.29) is 17.7 Å². The van der Waals surface area contributed by atoms with E-state index >= 15 is 0 Å². The van der Waals surface area contributed by atoms with Gasteiger partial charge in [-0.3, -0.25) is 0 Å². The average Bonchev–Trinajstić information content (AvgIpc) is 2.64. The smallest absolute Gasteiger partial charge is 0.239 e. The molecule has 0 radical (unpaired) electrons. The fourth-order valence-electron chi connectivity index (χ4n) is 2.26. The van der Waals surface area contributed by atoms with Crippen LogP contribution in [0.5, 0.6) is 0 Å². The molecule has 5 nitrogen and oxygen atoms in total. The minimum absolute atomic E-state index is 0.101. The van der Waals surface area contributed by atoms with Crippen LogP contribution in [0.15, 0.2) is 24.3 Å². The van der Waals surface area contributed by atoms with Crippen molar-refractivity contribution in [3.63, 3.8) is 0 Å². The van der Waals surface area contributed by atoms with Gasteiger partial charge in [0.15, 0.2) is 0 Å². The van der Waals surface area contributed by atoms with Crippen LogP contribution in [0.1, 0.15) is 58.7 Å². The molecule has 0 fully saturated rings. The molecule has 2 rings (SSSR count). The topological polar surface area (TPSA) is 63.2 Å². The van der Waals surface area contributed by atoms with Crippen LogP contribution < -0.4 is 4.31 Å². The molecule has 0 N–H and O–H groups in total. The summed E-state index contributed by atoms with van der Waals surface area (Å²) >= 11 is 0. The molecule has 0 unspecified atom stereocenters. The monoisotopic (exact) mass is 397 g/mol. The van der Waals surface area contributed by atoms with E-state index in [1.54, 1.807) is 12.1 Å². The highest BCUT2D eigenvalue weighted by Gasteiger charge is 2.21. The van der Waals surface area contributed by atoms with Crippen LogP contribution in [0.3, 0.4) is 0 Å². The third-order valence-electron chi connectivity index (χ3n) is 3.62. The first-order valence-corrected chi connectivity index (χ1v) is 11.0. The SMILES string of the molecule is CC.CC.Cc1c(-c2ccc(F)cc2)nc(N(C)S(C)(=O)=O)nc1C(C)C. The van der Waals surface area contributed by atoms with Gasteiger partial charge < -0.3 is 0 Å². The molecule has 1 aromatic carbocycles. The Morgan fingerprint density at radius 3 is 1.89 bits per heavy atom. The molecule has 0 bridgehead atoms. The van der Waals surface area contributed by atoms with Crippen molar-refractivity contribution in [1.29, 1.82) is 0 Å². The predicted molar refractivity (Wildman–Crippen MR) is 112 cm³/mol. The molecule has 0 amide bonds. The van der Waals surface area contributed by atoms with Gasteiger partial charge in [-0.1, -0.05) is 41.5 Å². The molecular weight excluding hydrogens is 365 g/mol. The van der Waals surface area contributed by atoms with E-state index in [2.05, 4.69) is 9.97 Å². The van der Waals surface area contributed by atoms with Gasteiger partial charge in [0.25, 0.3) is 0 Å². The quantitative estimate of drug-likeness (QED) is 0.714. The first-order chi connectivity index (χ1) is 12.6. The lowest BCUT2D eigenvalue weighted by molar-refractivity contribution is 0.599. The molecule has 1 heterocycles. The van der Waals surface area contributed by atoms with Crippen LogP contribution in [-0.2, 0) is 10.0 Å². The summed E-state index contributed by atoms with van der Waals surface area (Å²) in [4.78, 5) is 8.80. The summed E-state index contributed by atoms with van der Waals surface area (Å²) in [6, 6.07) is 5.95. The zero-order chi connectivity index (χ0) is 21.4. The Bertz CT molecular complexity index is 820. The maximum absolute atomic E-state index is 13.2. The normalized spacial score (nSPS) is 10.5. The Morgan fingerprint density at radius 2 is 1.48 bits per heavy atom. The van der Waals surface area contributed by atoms with E-state index < -0.39 is 10.0 Å². The minimum Gasteiger partial charge on any atom is -0.241 e.